The van der Waals surface area contributed by atoms with E-state index >= 15 is 0 Å². The summed E-state index contributed by atoms with van der Waals surface area (Å²) < 4.78 is 13.5. The number of aryl methyl sites for hydroxylation is 1. The van der Waals surface area contributed by atoms with E-state index in [1.165, 1.54) is 12.1 Å². The van der Waals surface area contributed by atoms with Gasteiger partial charge in [-0.3, -0.25) is 9.59 Å². The molecule has 0 fully saturated rings. The van der Waals surface area contributed by atoms with Crippen LogP contribution in [0, 0.1) is 18.7 Å². The maximum Gasteiger partial charge on any atom is 0.306 e. The number of aliphatic carboxylic acids is 1. The van der Waals surface area contributed by atoms with Crippen LogP contribution in [0.2, 0.25) is 0 Å². The van der Waals surface area contributed by atoms with Crippen molar-refractivity contribution in [3.63, 3.8) is 0 Å². The molecular weight excluding hydrogens is 237 g/mol. The highest BCUT2D eigenvalue weighted by atomic mass is 19.1. The number of carboxylic acids is 1. The van der Waals surface area contributed by atoms with Gasteiger partial charge in [-0.1, -0.05) is 13.0 Å². The molecule has 1 aromatic carbocycles. The van der Waals surface area contributed by atoms with Gasteiger partial charge >= 0.3 is 5.97 Å². The van der Waals surface area contributed by atoms with Crippen LogP contribution in [0.3, 0.4) is 0 Å². The Bertz CT molecular complexity index is 460. The van der Waals surface area contributed by atoms with E-state index in [-0.39, 0.29) is 12.1 Å². The van der Waals surface area contributed by atoms with E-state index in [0.29, 0.717) is 6.42 Å². The molecule has 0 heterocycles. The lowest BCUT2D eigenvalue weighted by atomic mass is 10.1. The first-order chi connectivity index (χ1) is 8.41. The number of hydrogen-bond acceptors (Lipinski definition) is 2. The number of rotatable bonds is 5. The zero-order valence-electron chi connectivity index (χ0n) is 10.4. The van der Waals surface area contributed by atoms with Crippen LogP contribution in [-0.2, 0) is 4.79 Å². The van der Waals surface area contributed by atoms with Gasteiger partial charge in [-0.2, -0.15) is 0 Å². The molecule has 0 aromatic heterocycles. The van der Waals surface area contributed by atoms with Gasteiger partial charge < -0.3 is 10.4 Å². The van der Waals surface area contributed by atoms with Gasteiger partial charge in [0.2, 0.25) is 0 Å². The van der Waals surface area contributed by atoms with E-state index in [1.807, 2.05) is 0 Å². The first-order valence-corrected chi connectivity index (χ1v) is 5.69. The Balaban J connectivity index is 2.53. The van der Waals surface area contributed by atoms with Crippen molar-refractivity contribution in [2.45, 2.75) is 20.3 Å². The van der Waals surface area contributed by atoms with Crippen molar-refractivity contribution in [1.82, 2.24) is 5.32 Å². The van der Waals surface area contributed by atoms with Crippen molar-refractivity contribution in [3.05, 3.63) is 35.1 Å². The summed E-state index contributed by atoms with van der Waals surface area (Å²) >= 11 is 0. The molecule has 1 amide bonds. The minimum absolute atomic E-state index is 0.0245. The van der Waals surface area contributed by atoms with Crippen LogP contribution in [0.25, 0.3) is 0 Å². The standard InChI is InChI=1S/C13H16FNO3/c1-8-3-4-10(11(14)7-8)12(16)15-6-5-9(2)13(17)18/h3-4,7,9H,5-6H2,1-2H3,(H,15,16)(H,17,18). The van der Waals surface area contributed by atoms with Gasteiger partial charge in [-0.25, -0.2) is 4.39 Å². The van der Waals surface area contributed by atoms with E-state index in [1.54, 1.807) is 19.9 Å². The van der Waals surface area contributed by atoms with Gasteiger partial charge in [0, 0.05) is 6.54 Å². The molecular formula is C13H16FNO3. The number of halogens is 1. The van der Waals surface area contributed by atoms with Crippen LogP contribution in [-0.4, -0.2) is 23.5 Å². The summed E-state index contributed by atoms with van der Waals surface area (Å²) in [6, 6.07) is 4.35. The van der Waals surface area contributed by atoms with E-state index in [4.69, 9.17) is 5.11 Å². The van der Waals surface area contributed by atoms with E-state index in [0.717, 1.165) is 5.56 Å². The quantitative estimate of drug-likeness (QED) is 0.843. The molecule has 0 radical (unpaired) electrons. The third-order valence-corrected chi connectivity index (χ3v) is 2.65. The molecule has 0 saturated heterocycles. The van der Waals surface area contributed by atoms with Crippen LogP contribution in [0.4, 0.5) is 4.39 Å². The highest BCUT2D eigenvalue weighted by Gasteiger charge is 2.13. The Morgan fingerprint density at radius 2 is 2.11 bits per heavy atom. The zero-order chi connectivity index (χ0) is 13.7. The summed E-state index contributed by atoms with van der Waals surface area (Å²) in [5, 5.41) is 11.2. The van der Waals surface area contributed by atoms with Gasteiger partial charge in [-0.15, -0.1) is 0 Å². The number of carbonyl (C=O) groups is 2. The Kier molecular flexibility index (Phi) is 4.83. The van der Waals surface area contributed by atoms with Crippen LogP contribution in [0.5, 0.6) is 0 Å². The normalized spacial score (nSPS) is 11.9. The number of carbonyl (C=O) groups excluding carboxylic acids is 1. The lowest BCUT2D eigenvalue weighted by Crippen LogP contribution is -2.27. The van der Waals surface area contributed by atoms with Crippen molar-refractivity contribution < 1.29 is 19.1 Å². The first kappa shape index (κ1) is 14.2. The second kappa shape index (κ2) is 6.14. The number of nitrogens with one attached hydrogen (secondary N) is 1. The zero-order valence-corrected chi connectivity index (χ0v) is 10.4. The summed E-state index contributed by atoms with van der Waals surface area (Å²) in [5.41, 5.74) is 0.715. The largest absolute Gasteiger partial charge is 0.481 e. The van der Waals surface area contributed by atoms with Gasteiger partial charge in [0.05, 0.1) is 11.5 Å². The summed E-state index contributed by atoms with van der Waals surface area (Å²) in [4.78, 5) is 22.2. The fraction of sp³-hybridized carbons (Fsp3) is 0.385. The van der Waals surface area contributed by atoms with E-state index < -0.39 is 23.6 Å². The summed E-state index contributed by atoms with van der Waals surface area (Å²) in [6.45, 7) is 3.50. The molecule has 4 nitrogen and oxygen atoms in total. The molecule has 1 atom stereocenters. The second-order valence-electron chi connectivity index (χ2n) is 4.27. The molecule has 1 unspecified atom stereocenters. The van der Waals surface area contributed by atoms with Crippen molar-refractivity contribution in [1.29, 1.82) is 0 Å². The molecule has 0 aliphatic rings. The van der Waals surface area contributed by atoms with Crippen molar-refractivity contribution in [2.24, 2.45) is 5.92 Å². The fourth-order valence-electron chi connectivity index (χ4n) is 1.43. The topological polar surface area (TPSA) is 66.4 Å². The van der Waals surface area contributed by atoms with Crippen molar-refractivity contribution in [2.75, 3.05) is 6.54 Å². The molecule has 5 heteroatoms. The molecule has 0 aliphatic heterocycles. The molecule has 0 spiro atoms. The molecule has 0 bridgehead atoms. The number of benzene rings is 1. The Morgan fingerprint density at radius 3 is 2.67 bits per heavy atom. The highest BCUT2D eigenvalue weighted by Crippen LogP contribution is 2.09. The number of carboxylic acid groups (broad SMARTS) is 1. The SMILES string of the molecule is Cc1ccc(C(=O)NCCC(C)C(=O)O)c(F)c1. The second-order valence-corrected chi connectivity index (χ2v) is 4.27. The monoisotopic (exact) mass is 253 g/mol. The molecule has 1 rings (SSSR count). The van der Waals surface area contributed by atoms with Gasteiger partial charge in [0.1, 0.15) is 5.82 Å². The molecule has 18 heavy (non-hydrogen) atoms. The predicted octanol–water partition coefficient (Wildman–Crippen LogP) is 1.97. The Hall–Kier alpha value is -1.91. The predicted molar refractivity (Wildman–Crippen MR) is 64.9 cm³/mol. The molecule has 2 N–H and O–H groups in total. The van der Waals surface area contributed by atoms with E-state index in [9.17, 15) is 14.0 Å². The first-order valence-electron chi connectivity index (χ1n) is 5.69. The van der Waals surface area contributed by atoms with Gasteiger partial charge in [0.15, 0.2) is 0 Å². The number of hydrogen-bond donors (Lipinski definition) is 2. The highest BCUT2D eigenvalue weighted by molar-refractivity contribution is 5.94. The Morgan fingerprint density at radius 1 is 1.44 bits per heavy atom. The maximum atomic E-state index is 13.5. The average Bonchev–Trinajstić information content (AvgIpc) is 2.28. The number of amides is 1. The molecule has 0 saturated carbocycles. The molecule has 0 aliphatic carbocycles. The summed E-state index contributed by atoms with van der Waals surface area (Å²) in [7, 11) is 0. The minimum Gasteiger partial charge on any atom is -0.481 e. The van der Waals surface area contributed by atoms with Crippen LogP contribution >= 0.6 is 0 Å². The maximum absolute atomic E-state index is 13.5. The smallest absolute Gasteiger partial charge is 0.306 e. The Labute approximate surface area is 105 Å². The lowest BCUT2D eigenvalue weighted by Gasteiger charge is -2.08. The fourth-order valence-corrected chi connectivity index (χ4v) is 1.43. The van der Waals surface area contributed by atoms with Crippen molar-refractivity contribution >= 4 is 11.9 Å². The van der Waals surface area contributed by atoms with Crippen molar-refractivity contribution in [3.8, 4) is 0 Å². The molecule has 98 valence electrons. The minimum atomic E-state index is -0.911. The third-order valence-electron chi connectivity index (χ3n) is 2.65. The summed E-state index contributed by atoms with van der Waals surface area (Å²) in [6.07, 6.45) is 0.314. The van der Waals surface area contributed by atoms with Gasteiger partial charge in [-0.05, 0) is 31.0 Å². The van der Waals surface area contributed by atoms with Crippen LogP contribution < -0.4 is 5.32 Å². The molecule has 1 aromatic rings. The van der Waals surface area contributed by atoms with E-state index in [2.05, 4.69) is 5.32 Å². The van der Waals surface area contributed by atoms with Gasteiger partial charge in [0.25, 0.3) is 5.91 Å². The average molecular weight is 253 g/mol. The van der Waals surface area contributed by atoms with Crippen LogP contribution in [0.15, 0.2) is 18.2 Å². The lowest BCUT2D eigenvalue weighted by molar-refractivity contribution is -0.141. The summed E-state index contributed by atoms with van der Waals surface area (Å²) in [5.74, 6) is -2.54. The van der Waals surface area contributed by atoms with Crippen LogP contribution in [0.1, 0.15) is 29.3 Å². The third kappa shape index (κ3) is 3.84.